The number of fused-ring (bicyclic) bond motifs is 4. The minimum atomic E-state index is 0.741. The lowest BCUT2D eigenvalue weighted by atomic mass is 9.84. The number of nitrogens with zero attached hydrogens (tertiary/aromatic N) is 2. The van der Waals surface area contributed by atoms with Gasteiger partial charge >= 0.3 is 0 Å². The summed E-state index contributed by atoms with van der Waals surface area (Å²) in [5.74, 6) is 0.741. The van der Waals surface area contributed by atoms with Crippen LogP contribution in [0, 0.1) is 0 Å². The van der Waals surface area contributed by atoms with Gasteiger partial charge in [-0.1, -0.05) is 170 Å². The van der Waals surface area contributed by atoms with Gasteiger partial charge in [-0.25, -0.2) is 9.97 Å². The van der Waals surface area contributed by atoms with Gasteiger partial charge < -0.3 is 0 Å². The van der Waals surface area contributed by atoms with Crippen molar-refractivity contribution in [3.05, 3.63) is 194 Å². The van der Waals surface area contributed by atoms with Crippen LogP contribution >= 0.6 is 0 Å². The average Bonchev–Trinajstić information content (AvgIpc) is 3.22. The maximum absolute atomic E-state index is 4.68. The fourth-order valence-electron chi connectivity index (χ4n) is 8.13. The third-order valence-electron chi connectivity index (χ3n) is 10.4. The predicted octanol–water partition coefficient (Wildman–Crippen LogP) is 13.4. The van der Waals surface area contributed by atoms with Crippen LogP contribution in [0.5, 0.6) is 0 Å². The van der Waals surface area contributed by atoms with Crippen LogP contribution in [-0.2, 0) is 0 Å². The maximum atomic E-state index is 4.68. The highest BCUT2D eigenvalue weighted by molar-refractivity contribution is 6.23. The molecule has 2 heteroatoms. The van der Waals surface area contributed by atoms with E-state index in [9.17, 15) is 0 Å². The maximum Gasteiger partial charge on any atom is 0.160 e. The van der Waals surface area contributed by atoms with E-state index in [4.69, 9.17) is 0 Å². The van der Waals surface area contributed by atoms with E-state index in [-0.39, 0.29) is 0 Å². The van der Waals surface area contributed by atoms with Crippen molar-refractivity contribution in [3.63, 3.8) is 0 Å². The van der Waals surface area contributed by atoms with Crippen LogP contribution in [0.3, 0.4) is 0 Å². The molecule has 1 aromatic heterocycles. The largest absolute Gasteiger partial charge is 0.237 e. The van der Waals surface area contributed by atoms with Crippen LogP contribution in [-0.4, -0.2) is 9.97 Å². The third kappa shape index (κ3) is 4.88. The number of aromatic nitrogens is 2. The zero-order valence-corrected chi connectivity index (χ0v) is 28.4. The number of hydrogen-bond acceptors (Lipinski definition) is 2. The van der Waals surface area contributed by atoms with Crippen molar-refractivity contribution in [2.24, 2.45) is 0 Å². The molecule has 0 unspecified atom stereocenters. The molecule has 0 amide bonds. The normalized spacial score (nSPS) is 11.5. The molecule has 0 aliphatic rings. The first-order valence-electron chi connectivity index (χ1n) is 17.7. The lowest BCUT2D eigenvalue weighted by molar-refractivity contribution is 1.18. The van der Waals surface area contributed by atoms with E-state index in [1.807, 2.05) is 18.5 Å². The number of hydrogen-bond donors (Lipinski definition) is 0. The van der Waals surface area contributed by atoms with E-state index in [0.29, 0.717) is 0 Å². The molecular formula is C50H32N2. The summed E-state index contributed by atoms with van der Waals surface area (Å²) in [4.78, 5) is 9.37. The second-order valence-electron chi connectivity index (χ2n) is 13.3. The molecule has 0 aliphatic carbocycles. The Morgan fingerprint density at radius 2 is 0.577 bits per heavy atom. The van der Waals surface area contributed by atoms with E-state index >= 15 is 0 Å². The van der Waals surface area contributed by atoms with Crippen LogP contribution in [0.4, 0.5) is 0 Å². The highest BCUT2D eigenvalue weighted by Gasteiger charge is 2.20. The van der Waals surface area contributed by atoms with E-state index < -0.39 is 0 Å². The summed E-state index contributed by atoms with van der Waals surface area (Å²) in [6, 6.07) is 65.8. The van der Waals surface area contributed by atoms with Crippen molar-refractivity contribution in [2.45, 2.75) is 0 Å². The monoisotopic (exact) mass is 660 g/mol. The Labute approximate surface area is 302 Å². The van der Waals surface area contributed by atoms with Gasteiger partial charge in [-0.2, -0.15) is 0 Å². The van der Waals surface area contributed by atoms with Gasteiger partial charge in [0.1, 0.15) is 0 Å². The lowest BCUT2D eigenvalue weighted by Crippen LogP contribution is -1.94. The van der Waals surface area contributed by atoms with Gasteiger partial charge in [0.05, 0.1) is 0 Å². The average molecular weight is 661 g/mol. The Kier molecular flexibility index (Phi) is 7.18. The molecule has 0 aliphatic heterocycles. The van der Waals surface area contributed by atoms with Gasteiger partial charge in [-0.15, -0.1) is 0 Å². The molecule has 10 aromatic rings. The Morgan fingerprint density at radius 1 is 0.231 bits per heavy atom. The fraction of sp³-hybridized carbons (Fsp3) is 0. The molecule has 1 heterocycles. The Bertz CT molecular complexity index is 2860. The van der Waals surface area contributed by atoms with Gasteiger partial charge in [0.25, 0.3) is 0 Å². The summed E-state index contributed by atoms with van der Waals surface area (Å²) in [5, 5.41) is 9.66. The second-order valence-corrected chi connectivity index (χ2v) is 13.3. The summed E-state index contributed by atoms with van der Waals surface area (Å²) in [6.07, 6.45) is 3.64. The molecule has 2 nitrogen and oxygen atoms in total. The third-order valence-corrected chi connectivity index (χ3v) is 10.4. The summed E-state index contributed by atoms with van der Waals surface area (Å²) >= 11 is 0. The molecule has 242 valence electrons. The second kappa shape index (κ2) is 12.5. The van der Waals surface area contributed by atoms with Crippen LogP contribution in [0.1, 0.15) is 0 Å². The zero-order valence-electron chi connectivity index (χ0n) is 28.4. The van der Waals surface area contributed by atoms with E-state index in [0.717, 1.165) is 22.2 Å². The zero-order chi connectivity index (χ0) is 34.4. The first-order valence-corrected chi connectivity index (χ1v) is 17.7. The Hall–Kier alpha value is -6.90. The number of benzene rings is 9. The fourth-order valence-corrected chi connectivity index (χ4v) is 8.13. The molecular weight excluding hydrogens is 629 g/mol. The van der Waals surface area contributed by atoms with Gasteiger partial charge in [-0.3, -0.25) is 0 Å². The first kappa shape index (κ1) is 30.0. The van der Waals surface area contributed by atoms with Crippen molar-refractivity contribution in [1.82, 2.24) is 9.97 Å². The van der Waals surface area contributed by atoms with Crippen molar-refractivity contribution in [2.75, 3.05) is 0 Å². The van der Waals surface area contributed by atoms with Crippen molar-refractivity contribution >= 4 is 43.1 Å². The Morgan fingerprint density at radius 3 is 1.06 bits per heavy atom. The summed E-state index contributed by atoms with van der Waals surface area (Å²) < 4.78 is 0. The molecule has 52 heavy (non-hydrogen) atoms. The van der Waals surface area contributed by atoms with Crippen LogP contribution in [0.2, 0.25) is 0 Å². The SMILES string of the molecule is c1ccc(-c2ccc3c(-c4ccc(-c5c6ccccc6c(-c6ncccn6)c6ccccc56)cc4)c4ccccc4c(-c4ccccc4)c3c2)cc1. The smallest absolute Gasteiger partial charge is 0.160 e. The number of rotatable bonds is 5. The van der Waals surface area contributed by atoms with Crippen molar-refractivity contribution in [1.29, 1.82) is 0 Å². The van der Waals surface area contributed by atoms with Crippen LogP contribution in [0.15, 0.2) is 194 Å². The highest BCUT2D eigenvalue weighted by Crippen LogP contribution is 2.46. The molecule has 0 atom stereocenters. The van der Waals surface area contributed by atoms with Gasteiger partial charge in [0, 0.05) is 18.0 Å². The van der Waals surface area contributed by atoms with Gasteiger partial charge in [0.15, 0.2) is 5.82 Å². The molecule has 10 rings (SSSR count). The molecule has 0 saturated heterocycles. The predicted molar refractivity (Wildman–Crippen MR) is 219 cm³/mol. The Balaban J connectivity index is 1.21. The molecule has 0 saturated carbocycles. The van der Waals surface area contributed by atoms with Crippen molar-refractivity contribution < 1.29 is 0 Å². The molecule has 9 aromatic carbocycles. The lowest BCUT2D eigenvalue weighted by Gasteiger charge is -2.19. The molecule has 0 radical (unpaired) electrons. The topological polar surface area (TPSA) is 25.8 Å². The van der Waals surface area contributed by atoms with E-state index in [1.165, 1.54) is 76.8 Å². The highest BCUT2D eigenvalue weighted by atomic mass is 14.9. The summed E-state index contributed by atoms with van der Waals surface area (Å²) in [7, 11) is 0. The van der Waals surface area contributed by atoms with Crippen molar-refractivity contribution in [3.8, 4) is 55.9 Å². The first-order chi connectivity index (χ1) is 25.8. The van der Waals surface area contributed by atoms with Crippen LogP contribution in [0.25, 0.3) is 99.0 Å². The van der Waals surface area contributed by atoms with E-state index in [1.54, 1.807) is 0 Å². The standard InChI is InChI=1S/C50H32N2/c1-3-14-33(15-4-1)37-28-29-44-45(32-37)48(34-16-5-2-6-17-34)39-19-8-7-18-38(39)47(44)36-26-24-35(25-27-36)46-40-20-9-11-22-42(40)49(50-51-30-13-31-52-50)43-23-12-10-21-41(43)46/h1-32H. The van der Waals surface area contributed by atoms with Crippen LogP contribution < -0.4 is 0 Å². The minimum Gasteiger partial charge on any atom is -0.237 e. The molecule has 0 fully saturated rings. The quantitative estimate of drug-likeness (QED) is 0.172. The summed E-state index contributed by atoms with van der Waals surface area (Å²) in [6.45, 7) is 0. The molecule has 0 bridgehead atoms. The van der Waals surface area contributed by atoms with E-state index in [2.05, 4.69) is 186 Å². The van der Waals surface area contributed by atoms with Gasteiger partial charge in [0.2, 0.25) is 0 Å². The summed E-state index contributed by atoms with van der Waals surface area (Å²) in [5.41, 5.74) is 10.8. The minimum absolute atomic E-state index is 0.741. The molecule has 0 spiro atoms. The molecule has 0 N–H and O–H groups in total. The van der Waals surface area contributed by atoms with Gasteiger partial charge in [-0.05, 0) is 99.7 Å².